The van der Waals surface area contributed by atoms with Crippen LogP contribution in [0.3, 0.4) is 0 Å². The second-order valence-electron chi connectivity index (χ2n) is 7.00. The molecule has 29 heavy (non-hydrogen) atoms. The van der Waals surface area contributed by atoms with Crippen LogP contribution in [-0.2, 0) is 4.79 Å². The van der Waals surface area contributed by atoms with E-state index in [1.165, 1.54) is 0 Å². The van der Waals surface area contributed by atoms with Crippen molar-refractivity contribution in [1.29, 1.82) is 0 Å². The number of carbonyl (C=O) groups is 1. The molecular weight excluding hydrogens is 386 g/mol. The average molecular weight is 405 g/mol. The van der Waals surface area contributed by atoms with Crippen molar-refractivity contribution in [1.82, 2.24) is 15.0 Å². The molecule has 2 N–H and O–H groups in total. The zero-order chi connectivity index (χ0) is 20.0. The first kappa shape index (κ1) is 17.8. The van der Waals surface area contributed by atoms with Crippen LogP contribution in [0.4, 0.5) is 11.6 Å². The number of fused-ring (bicyclic) bond motifs is 2. The van der Waals surface area contributed by atoms with Crippen LogP contribution >= 0.6 is 11.3 Å². The second-order valence-corrected chi connectivity index (χ2v) is 8.03. The molecule has 1 aliphatic carbocycles. The van der Waals surface area contributed by atoms with E-state index in [9.17, 15) is 4.79 Å². The van der Waals surface area contributed by atoms with Gasteiger partial charge in [-0.05, 0) is 31.0 Å². The number of thiazole rings is 1. The number of rotatable bonds is 5. The molecule has 1 amide bonds. The first-order chi connectivity index (χ1) is 14.2. The molecule has 1 aromatic carbocycles. The van der Waals surface area contributed by atoms with Gasteiger partial charge in [-0.25, -0.2) is 15.0 Å². The summed E-state index contributed by atoms with van der Waals surface area (Å²) in [4.78, 5) is 25.9. The maximum Gasteiger partial charge on any atom is 0.228 e. The van der Waals surface area contributed by atoms with Gasteiger partial charge in [-0.1, -0.05) is 0 Å². The van der Waals surface area contributed by atoms with Crippen LogP contribution in [0.15, 0.2) is 36.7 Å². The summed E-state index contributed by atoms with van der Waals surface area (Å²) in [6, 6.07) is 7.77. The largest absolute Gasteiger partial charge is 0.497 e. The van der Waals surface area contributed by atoms with Gasteiger partial charge in [-0.3, -0.25) is 4.79 Å². The van der Waals surface area contributed by atoms with Crippen molar-refractivity contribution in [2.75, 3.05) is 24.8 Å². The fraction of sp³-hybridized carbons (Fsp3) is 0.238. The van der Waals surface area contributed by atoms with Crippen LogP contribution in [0.1, 0.15) is 12.8 Å². The summed E-state index contributed by atoms with van der Waals surface area (Å²) >= 11 is 1.60. The number of hydrogen-bond acceptors (Lipinski definition) is 7. The van der Waals surface area contributed by atoms with Crippen molar-refractivity contribution in [3.63, 3.8) is 0 Å². The number of nitrogens with one attached hydrogen (secondary N) is 2. The maximum absolute atomic E-state index is 12.2. The number of amides is 1. The number of hydrogen-bond donors (Lipinski definition) is 2. The Labute approximate surface area is 171 Å². The smallest absolute Gasteiger partial charge is 0.228 e. The summed E-state index contributed by atoms with van der Waals surface area (Å²) in [5.74, 6) is 2.22. The Morgan fingerprint density at radius 3 is 2.79 bits per heavy atom. The molecule has 5 rings (SSSR count). The molecular formula is C21H19N5O2S. The van der Waals surface area contributed by atoms with Gasteiger partial charge in [-0.15, -0.1) is 11.3 Å². The second kappa shape index (κ2) is 6.97. The normalized spacial score (nSPS) is 13.6. The summed E-state index contributed by atoms with van der Waals surface area (Å²) in [5, 5.41) is 8.72. The molecule has 0 radical (unpaired) electrons. The third kappa shape index (κ3) is 3.25. The predicted molar refractivity (Wildman–Crippen MR) is 116 cm³/mol. The fourth-order valence-corrected chi connectivity index (χ4v) is 4.27. The Morgan fingerprint density at radius 1 is 1.17 bits per heavy atom. The van der Waals surface area contributed by atoms with Gasteiger partial charge in [0.2, 0.25) is 5.91 Å². The molecule has 0 aliphatic heterocycles. The molecule has 146 valence electrons. The molecule has 1 fully saturated rings. The molecule has 7 nitrogen and oxygen atoms in total. The Morgan fingerprint density at radius 2 is 2.03 bits per heavy atom. The van der Waals surface area contributed by atoms with E-state index >= 15 is 0 Å². The summed E-state index contributed by atoms with van der Waals surface area (Å²) < 4.78 is 6.38. The number of nitrogens with zero attached hydrogens (tertiary/aromatic N) is 3. The molecule has 0 spiro atoms. The lowest BCUT2D eigenvalue weighted by molar-refractivity contribution is -0.117. The van der Waals surface area contributed by atoms with Crippen molar-refractivity contribution in [2.24, 2.45) is 5.92 Å². The quantitative estimate of drug-likeness (QED) is 0.514. The predicted octanol–water partition coefficient (Wildman–Crippen LogP) is 4.31. The third-order valence-electron chi connectivity index (χ3n) is 5.03. The highest BCUT2D eigenvalue weighted by atomic mass is 32.1. The number of methoxy groups -OCH3 is 1. The van der Waals surface area contributed by atoms with Crippen molar-refractivity contribution < 1.29 is 9.53 Å². The number of aromatic nitrogens is 3. The van der Waals surface area contributed by atoms with Gasteiger partial charge in [0.25, 0.3) is 0 Å². The molecule has 3 aromatic heterocycles. The van der Waals surface area contributed by atoms with Crippen molar-refractivity contribution in [3.05, 3.63) is 36.7 Å². The molecule has 0 unspecified atom stereocenters. The van der Waals surface area contributed by atoms with E-state index in [0.717, 1.165) is 56.0 Å². The minimum atomic E-state index is 0.0355. The number of pyridine rings is 2. The SMILES string of the molecule is CNc1ncc(-c2nc3cc(OC)ccc3s2)c2cc(NC(=O)C3CC3)ncc12. The summed E-state index contributed by atoms with van der Waals surface area (Å²) in [6.45, 7) is 0. The lowest BCUT2D eigenvalue weighted by atomic mass is 10.1. The number of ether oxygens (including phenoxy) is 1. The Bertz CT molecular complexity index is 1250. The highest BCUT2D eigenvalue weighted by Gasteiger charge is 2.30. The van der Waals surface area contributed by atoms with Gasteiger partial charge in [0, 0.05) is 47.8 Å². The highest BCUT2D eigenvalue weighted by molar-refractivity contribution is 7.21. The number of carbonyl (C=O) groups excluding carboxylic acids is 1. The number of benzene rings is 1. The lowest BCUT2D eigenvalue weighted by Gasteiger charge is -2.10. The first-order valence-electron chi connectivity index (χ1n) is 9.38. The van der Waals surface area contributed by atoms with Crippen LogP contribution in [0.5, 0.6) is 5.75 Å². The van der Waals surface area contributed by atoms with Gasteiger partial charge in [0.05, 0.1) is 17.3 Å². The summed E-state index contributed by atoms with van der Waals surface area (Å²) in [5.41, 5.74) is 1.79. The minimum absolute atomic E-state index is 0.0355. The molecule has 0 bridgehead atoms. The number of anilines is 2. The van der Waals surface area contributed by atoms with Gasteiger partial charge in [0.1, 0.15) is 22.4 Å². The molecule has 1 saturated carbocycles. The van der Waals surface area contributed by atoms with Crippen LogP contribution in [0.2, 0.25) is 0 Å². The van der Waals surface area contributed by atoms with Gasteiger partial charge >= 0.3 is 0 Å². The van der Waals surface area contributed by atoms with Gasteiger partial charge in [-0.2, -0.15) is 0 Å². The Kier molecular flexibility index (Phi) is 4.28. The van der Waals surface area contributed by atoms with E-state index in [0.29, 0.717) is 5.82 Å². The zero-order valence-corrected chi connectivity index (χ0v) is 16.8. The summed E-state index contributed by atoms with van der Waals surface area (Å²) in [7, 11) is 3.47. The topological polar surface area (TPSA) is 89.0 Å². The van der Waals surface area contributed by atoms with E-state index in [1.54, 1.807) is 24.6 Å². The molecule has 8 heteroatoms. The van der Waals surface area contributed by atoms with Crippen LogP contribution in [-0.4, -0.2) is 35.0 Å². The maximum atomic E-state index is 12.2. The fourth-order valence-electron chi connectivity index (χ4n) is 3.30. The van der Waals surface area contributed by atoms with Gasteiger partial charge in [0.15, 0.2) is 0 Å². The van der Waals surface area contributed by atoms with E-state index in [-0.39, 0.29) is 11.8 Å². The monoisotopic (exact) mass is 405 g/mol. The summed E-state index contributed by atoms with van der Waals surface area (Å²) in [6.07, 6.45) is 5.47. The molecule has 1 aliphatic rings. The zero-order valence-electron chi connectivity index (χ0n) is 16.0. The average Bonchev–Trinajstić information content (AvgIpc) is 3.51. The van der Waals surface area contributed by atoms with Crippen LogP contribution in [0, 0.1) is 5.92 Å². The van der Waals surface area contributed by atoms with E-state index < -0.39 is 0 Å². The molecule has 4 aromatic rings. The highest BCUT2D eigenvalue weighted by Crippen LogP contribution is 2.38. The lowest BCUT2D eigenvalue weighted by Crippen LogP contribution is -2.14. The van der Waals surface area contributed by atoms with E-state index in [2.05, 4.69) is 20.6 Å². The Hall–Kier alpha value is -3.26. The van der Waals surface area contributed by atoms with Crippen molar-refractivity contribution in [3.8, 4) is 16.3 Å². The minimum Gasteiger partial charge on any atom is -0.497 e. The molecule has 0 atom stereocenters. The standard InChI is InChI=1S/C21H19N5O2S/c1-22-19-14-9-23-18(26-20(27)11-3-4-11)8-13(14)15(10-24-19)21-25-16-7-12(28-2)5-6-17(16)29-21/h5-11H,3-4H2,1-2H3,(H,22,24)(H,23,26,27). The molecule has 0 saturated heterocycles. The van der Waals surface area contributed by atoms with E-state index in [1.807, 2.05) is 37.5 Å². The van der Waals surface area contributed by atoms with Crippen molar-refractivity contribution >= 4 is 49.9 Å². The van der Waals surface area contributed by atoms with Crippen LogP contribution < -0.4 is 15.4 Å². The van der Waals surface area contributed by atoms with Gasteiger partial charge < -0.3 is 15.4 Å². The third-order valence-corrected chi connectivity index (χ3v) is 6.10. The molecule has 3 heterocycles. The van der Waals surface area contributed by atoms with Crippen LogP contribution in [0.25, 0.3) is 31.6 Å². The Balaban J connectivity index is 1.64. The van der Waals surface area contributed by atoms with Crippen molar-refractivity contribution in [2.45, 2.75) is 12.8 Å². The van der Waals surface area contributed by atoms with E-state index in [4.69, 9.17) is 9.72 Å². The first-order valence-corrected chi connectivity index (χ1v) is 10.2.